The monoisotopic (exact) mass is 228 g/mol. The number of hydrogen-bond acceptors (Lipinski definition) is 3. The lowest BCUT2D eigenvalue weighted by molar-refractivity contribution is -0.0161. The summed E-state index contributed by atoms with van der Waals surface area (Å²) >= 11 is 0. The summed E-state index contributed by atoms with van der Waals surface area (Å²) in [6, 6.07) is 0.311. The van der Waals surface area contributed by atoms with Gasteiger partial charge in [0.05, 0.1) is 0 Å². The first-order valence-corrected chi connectivity index (χ1v) is 6.02. The van der Waals surface area contributed by atoms with Crippen molar-refractivity contribution in [3.05, 3.63) is 0 Å². The van der Waals surface area contributed by atoms with Crippen molar-refractivity contribution in [1.29, 1.82) is 0 Å². The van der Waals surface area contributed by atoms with E-state index in [1.807, 2.05) is 0 Å². The van der Waals surface area contributed by atoms with Gasteiger partial charge < -0.3 is 16.2 Å². The smallest absolute Gasteiger partial charge is 0.404 e. The minimum Gasteiger partial charge on any atom is -0.446 e. The van der Waals surface area contributed by atoms with Crippen LogP contribution in [0.3, 0.4) is 0 Å². The maximum Gasteiger partial charge on any atom is 0.404 e. The van der Waals surface area contributed by atoms with Crippen molar-refractivity contribution >= 4 is 6.09 Å². The third-order valence-corrected chi connectivity index (χ3v) is 3.34. The Morgan fingerprint density at radius 1 is 1.25 bits per heavy atom. The Kier molecular flexibility index (Phi) is 4.19. The Balaban J connectivity index is 2.65. The predicted molar refractivity (Wildman–Crippen MR) is 63.8 cm³/mol. The van der Waals surface area contributed by atoms with Gasteiger partial charge in [0.25, 0.3) is 0 Å². The van der Waals surface area contributed by atoms with Gasteiger partial charge in [-0.3, -0.25) is 0 Å². The normalized spacial score (nSPS) is 28.5. The number of nitrogens with two attached hydrogens (primary N) is 2. The minimum atomic E-state index is -0.671. The fraction of sp³-hybridized carbons (Fsp3) is 0.917. The van der Waals surface area contributed by atoms with Crippen LogP contribution in [0.15, 0.2) is 0 Å². The number of carbonyl (C=O) groups excluding carboxylic acids is 1. The lowest BCUT2D eigenvalue weighted by Gasteiger charge is -2.38. The highest BCUT2D eigenvalue weighted by Crippen LogP contribution is 2.36. The summed E-state index contributed by atoms with van der Waals surface area (Å²) in [5, 5.41) is 0. The van der Waals surface area contributed by atoms with Crippen molar-refractivity contribution in [2.45, 2.75) is 58.6 Å². The summed E-state index contributed by atoms with van der Waals surface area (Å²) < 4.78 is 5.29. The lowest BCUT2D eigenvalue weighted by atomic mass is 9.74. The van der Waals surface area contributed by atoms with E-state index < -0.39 is 6.09 Å². The molecule has 0 heterocycles. The van der Waals surface area contributed by atoms with E-state index >= 15 is 0 Å². The second-order valence-corrected chi connectivity index (χ2v) is 5.90. The maximum atomic E-state index is 10.9. The van der Waals surface area contributed by atoms with Crippen LogP contribution in [0, 0.1) is 11.3 Å². The molecule has 0 aromatic heterocycles. The first kappa shape index (κ1) is 13.3. The molecular formula is C12H24N2O2. The molecule has 4 heteroatoms. The Labute approximate surface area is 97.7 Å². The molecule has 1 unspecified atom stereocenters. The summed E-state index contributed by atoms with van der Waals surface area (Å²) in [6.45, 7) is 6.24. The molecule has 0 bridgehead atoms. The summed E-state index contributed by atoms with van der Waals surface area (Å²) in [7, 11) is 0. The van der Waals surface area contributed by atoms with E-state index in [0.717, 1.165) is 25.7 Å². The zero-order chi connectivity index (χ0) is 12.3. The van der Waals surface area contributed by atoms with Crippen LogP contribution in [0.5, 0.6) is 0 Å². The van der Waals surface area contributed by atoms with E-state index in [-0.39, 0.29) is 11.5 Å². The third kappa shape index (κ3) is 3.67. The molecule has 16 heavy (non-hydrogen) atoms. The second kappa shape index (κ2) is 5.04. The highest BCUT2D eigenvalue weighted by Gasteiger charge is 2.36. The average Bonchev–Trinajstić information content (AvgIpc) is 2.14. The van der Waals surface area contributed by atoms with Crippen molar-refractivity contribution in [3.63, 3.8) is 0 Å². The molecule has 1 amide bonds. The third-order valence-electron chi connectivity index (χ3n) is 3.34. The standard InChI is InChI=1S/C12H24N2O2/c1-12(2,3)10(16-11(14)15)8-4-6-9(13)7-5-8/h8-10H,4-7,13H2,1-3H3,(H2,14,15). The van der Waals surface area contributed by atoms with Crippen LogP contribution in [0.4, 0.5) is 4.79 Å². The molecule has 0 radical (unpaired) electrons. The van der Waals surface area contributed by atoms with Gasteiger partial charge >= 0.3 is 6.09 Å². The largest absolute Gasteiger partial charge is 0.446 e. The summed E-state index contributed by atoms with van der Waals surface area (Å²) in [5.74, 6) is 0.396. The zero-order valence-corrected chi connectivity index (χ0v) is 10.5. The molecule has 94 valence electrons. The quantitative estimate of drug-likeness (QED) is 0.759. The Morgan fingerprint density at radius 2 is 1.75 bits per heavy atom. The van der Waals surface area contributed by atoms with Crippen molar-refractivity contribution < 1.29 is 9.53 Å². The van der Waals surface area contributed by atoms with Crippen LogP contribution >= 0.6 is 0 Å². The van der Waals surface area contributed by atoms with E-state index in [0.29, 0.717) is 12.0 Å². The first-order valence-electron chi connectivity index (χ1n) is 6.02. The Bertz CT molecular complexity index is 240. The van der Waals surface area contributed by atoms with Gasteiger partial charge in [0, 0.05) is 6.04 Å². The lowest BCUT2D eigenvalue weighted by Crippen LogP contribution is -2.42. The number of amides is 1. The number of primary amides is 1. The van der Waals surface area contributed by atoms with E-state index in [1.165, 1.54) is 0 Å². The molecule has 0 saturated heterocycles. The number of hydrogen-bond donors (Lipinski definition) is 2. The fourth-order valence-corrected chi connectivity index (χ4v) is 2.55. The minimum absolute atomic E-state index is 0.0683. The molecule has 4 nitrogen and oxygen atoms in total. The first-order chi connectivity index (χ1) is 7.30. The molecule has 1 rings (SSSR count). The van der Waals surface area contributed by atoms with Crippen LogP contribution in [-0.2, 0) is 4.74 Å². The average molecular weight is 228 g/mol. The van der Waals surface area contributed by atoms with Gasteiger partial charge in [-0.15, -0.1) is 0 Å². The van der Waals surface area contributed by atoms with E-state index in [4.69, 9.17) is 16.2 Å². The molecule has 1 aliphatic rings. The van der Waals surface area contributed by atoms with Crippen LogP contribution in [-0.4, -0.2) is 18.2 Å². The molecule has 1 saturated carbocycles. The van der Waals surface area contributed by atoms with Crippen LogP contribution in [0.25, 0.3) is 0 Å². The molecular weight excluding hydrogens is 204 g/mol. The van der Waals surface area contributed by atoms with Gasteiger partial charge in [0.2, 0.25) is 0 Å². The molecule has 0 aromatic rings. The molecule has 1 aliphatic carbocycles. The maximum absolute atomic E-state index is 10.9. The summed E-state index contributed by atoms with van der Waals surface area (Å²) in [5.41, 5.74) is 10.9. The molecule has 4 N–H and O–H groups in total. The van der Waals surface area contributed by atoms with Gasteiger partial charge in [-0.1, -0.05) is 20.8 Å². The number of rotatable bonds is 2. The van der Waals surface area contributed by atoms with Crippen LogP contribution in [0.1, 0.15) is 46.5 Å². The molecule has 0 aliphatic heterocycles. The predicted octanol–water partition coefficient (Wildman–Crippen LogP) is 2.01. The van der Waals surface area contributed by atoms with Gasteiger partial charge in [0.15, 0.2) is 0 Å². The molecule has 1 fully saturated rings. The number of ether oxygens (including phenoxy) is 1. The van der Waals surface area contributed by atoms with Crippen molar-refractivity contribution in [1.82, 2.24) is 0 Å². The number of carbonyl (C=O) groups is 1. The van der Waals surface area contributed by atoms with E-state index in [1.54, 1.807) is 0 Å². The second-order valence-electron chi connectivity index (χ2n) is 5.90. The van der Waals surface area contributed by atoms with Crippen molar-refractivity contribution in [3.8, 4) is 0 Å². The molecule has 0 spiro atoms. The fourth-order valence-electron chi connectivity index (χ4n) is 2.55. The van der Waals surface area contributed by atoms with Crippen LogP contribution < -0.4 is 11.5 Å². The van der Waals surface area contributed by atoms with Gasteiger partial charge in [-0.2, -0.15) is 0 Å². The van der Waals surface area contributed by atoms with Crippen molar-refractivity contribution in [2.75, 3.05) is 0 Å². The zero-order valence-electron chi connectivity index (χ0n) is 10.5. The van der Waals surface area contributed by atoms with Gasteiger partial charge in [-0.05, 0) is 37.0 Å². The summed E-state index contributed by atoms with van der Waals surface area (Å²) in [4.78, 5) is 10.9. The van der Waals surface area contributed by atoms with Crippen LogP contribution in [0.2, 0.25) is 0 Å². The van der Waals surface area contributed by atoms with Gasteiger partial charge in [0.1, 0.15) is 6.10 Å². The topological polar surface area (TPSA) is 78.3 Å². The van der Waals surface area contributed by atoms with E-state index in [2.05, 4.69) is 20.8 Å². The Morgan fingerprint density at radius 3 is 2.12 bits per heavy atom. The molecule has 0 aromatic carbocycles. The highest BCUT2D eigenvalue weighted by atomic mass is 16.6. The summed E-state index contributed by atoms with van der Waals surface area (Å²) in [6.07, 6.45) is 3.30. The van der Waals surface area contributed by atoms with Gasteiger partial charge in [-0.25, -0.2) is 4.79 Å². The van der Waals surface area contributed by atoms with E-state index in [9.17, 15) is 4.79 Å². The molecule has 1 atom stereocenters. The highest BCUT2D eigenvalue weighted by molar-refractivity contribution is 5.64. The Hall–Kier alpha value is -0.770. The SMILES string of the molecule is CC(C)(C)C(OC(N)=O)C1CCC(N)CC1. The van der Waals surface area contributed by atoms with Crippen molar-refractivity contribution in [2.24, 2.45) is 22.8 Å².